The third-order valence-electron chi connectivity index (χ3n) is 3.28. The topological polar surface area (TPSA) is 52.6 Å². The highest BCUT2D eigenvalue weighted by atomic mass is 16.5. The van der Waals surface area contributed by atoms with Gasteiger partial charge in [0.2, 0.25) is 5.91 Å². The number of rotatable bonds is 7. The number of nitrogens with one attached hydrogen (secondary N) is 1. The van der Waals surface area contributed by atoms with E-state index in [1.54, 1.807) is 5.48 Å². The van der Waals surface area contributed by atoms with Crippen LogP contribution in [-0.4, -0.2) is 22.6 Å². The predicted octanol–water partition coefficient (Wildman–Crippen LogP) is 2.58. The Bertz CT molecular complexity index is 502. The summed E-state index contributed by atoms with van der Waals surface area (Å²) in [5.74, 6) is -0.360. The van der Waals surface area contributed by atoms with Crippen molar-refractivity contribution in [2.75, 3.05) is 6.54 Å². The Labute approximate surface area is 125 Å². The van der Waals surface area contributed by atoms with Crippen molar-refractivity contribution in [2.45, 2.75) is 19.5 Å². The van der Waals surface area contributed by atoms with E-state index in [0.29, 0.717) is 6.54 Å². The monoisotopic (exact) mass is 284 g/mol. The molecule has 0 bridgehead atoms. The summed E-state index contributed by atoms with van der Waals surface area (Å²) in [7, 11) is 0. The maximum absolute atomic E-state index is 11.2. The molecule has 0 aliphatic rings. The lowest BCUT2D eigenvalue weighted by Gasteiger charge is -2.22. The molecule has 0 aliphatic carbocycles. The van der Waals surface area contributed by atoms with Gasteiger partial charge < -0.3 is 0 Å². The molecule has 0 heterocycles. The van der Waals surface area contributed by atoms with Crippen LogP contribution in [0.25, 0.3) is 0 Å². The van der Waals surface area contributed by atoms with Crippen LogP contribution in [0.2, 0.25) is 0 Å². The number of hydrogen-bond donors (Lipinski definition) is 2. The minimum atomic E-state index is -0.360. The molecule has 0 atom stereocenters. The van der Waals surface area contributed by atoms with E-state index < -0.39 is 0 Å². The normalized spacial score (nSPS) is 10.6. The lowest BCUT2D eigenvalue weighted by molar-refractivity contribution is -0.129. The van der Waals surface area contributed by atoms with Crippen molar-refractivity contribution in [2.24, 2.45) is 0 Å². The van der Waals surface area contributed by atoms with Crippen molar-refractivity contribution in [1.82, 2.24) is 10.4 Å². The van der Waals surface area contributed by atoms with Gasteiger partial charge in [0.15, 0.2) is 0 Å². The molecule has 0 unspecified atom stereocenters. The van der Waals surface area contributed by atoms with E-state index in [4.69, 9.17) is 5.21 Å². The van der Waals surface area contributed by atoms with Gasteiger partial charge >= 0.3 is 0 Å². The molecule has 2 rings (SSSR count). The molecule has 1 amide bonds. The molecule has 0 spiro atoms. The molecule has 4 nitrogen and oxygen atoms in total. The number of amides is 1. The van der Waals surface area contributed by atoms with Gasteiger partial charge in [0.25, 0.3) is 0 Å². The van der Waals surface area contributed by atoms with Gasteiger partial charge in [-0.1, -0.05) is 60.7 Å². The Balaban J connectivity index is 2.01. The van der Waals surface area contributed by atoms with Crippen LogP contribution in [0, 0.1) is 0 Å². The number of carbonyl (C=O) groups excluding carboxylic acids is 1. The summed E-state index contributed by atoms with van der Waals surface area (Å²) in [5.41, 5.74) is 4.10. The standard InChI is InChI=1S/C17H20N2O2/c20-17(18-21)11-12-19(13-15-7-3-1-4-8-15)14-16-9-5-2-6-10-16/h1-10,21H,11-14H2,(H,18,20). The van der Waals surface area contributed by atoms with Gasteiger partial charge in [-0.25, -0.2) is 5.48 Å². The van der Waals surface area contributed by atoms with E-state index in [1.165, 1.54) is 11.1 Å². The average Bonchev–Trinajstić information content (AvgIpc) is 2.54. The van der Waals surface area contributed by atoms with Crippen molar-refractivity contribution in [1.29, 1.82) is 0 Å². The van der Waals surface area contributed by atoms with E-state index in [2.05, 4.69) is 29.2 Å². The maximum atomic E-state index is 11.2. The van der Waals surface area contributed by atoms with Gasteiger partial charge in [-0.2, -0.15) is 0 Å². The molecule has 21 heavy (non-hydrogen) atoms. The third kappa shape index (κ3) is 5.38. The largest absolute Gasteiger partial charge is 0.294 e. The molecule has 0 aliphatic heterocycles. The summed E-state index contributed by atoms with van der Waals surface area (Å²) >= 11 is 0. The fraction of sp³-hybridized carbons (Fsp3) is 0.235. The van der Waals surface area contributed by atoms with E-state index in [1.807, 2.05) is 36.4 Å². The molecule has 0 aromatic heterocycles. The Hall–Kier alpha value is -2.17. The average molecular weight is 284 g/mol. The molecule has 0 radical (unpaired) electrons. The van der Waals surface area contributed by atoms with E-state index >= 15 is 0 Å². The second kappa shape index (κ2) is 8.19. The van der Waals surface area contributed by atoms with Crippen LogP contribution in [-0.2, 0) is 17.9 Å². The van der Waals surface area contributed by atoms with Gasteiger partial charge in [-0.05, 0) is 11.1 Å². The Kier molecular flexibility index (Phi) is 5.94. The minimum Gasteiger partial charge on any atom is -0.294 e. The van der Waals surface area contributed by atoms with Crippen LogP contribution >= 0.6 is 0 Å². The second-order valence-electron chi connectivity index (χ2n) is 4.97. The Morgan fingerprint density at radius 2 is 1.38 bits per heavy atom. The zero-order chi connectivity index (χ0) is 14.9. The van der Waals surface area contributed by atoms with Gasteiger partial charge in [-0.15, -0.1) is 0 Å². The number of benzene rings is 2. The van der Waals surface area contributed by atoms with Crippen molar-refractivity contribution < 1.29 is 10.0 Å². The maximum Gasteiger partial charge on any atom is 0.244 e. The summed E-state index contributed by atoms with van der Waals surface area (Å²) < 4.78 is 0. The van der Waals surface area contributed by atoms with Gasteiger partial charge in [0, 0.05) is 26.1 Å². The fourth-order valence-corrected chi connectivity index (χ4v) is 2.21. The van der Waals surface area contributed by atoms with Crippen molar-refractivity contribution >= 4 is 5.91 Å². The molecule has 4 heteroatoms. The summed E-state index contributed by atoms with van der Waals surface area (Å²) in [6, 6.07) is 20.3. The first-order chi connectivity index (χ1) is 10.3. The second-order valence-corrected chi connectivity index (χ2v) is 4.97. The van der Waals surface area contributed by atoms with Gasteiger partial charge in [0.05, 0.1) is 0 Å². The molecular weight excluding hydrogens is 264 g/mol. The fourth-order valence-electron chi connectivity index (χ4n) is 2.21. The molecule has 0 saturated heterocycles. The van der Waals surface area contributed by atoms with Crippen molar-refractivity contribution in [3.8, 4) is 0 Å². The zero-order valence-corrected chi connectivity index (χ0v) is 11.9. The summed E-state index contributed by atoms with van der Waals surface area (Å²) in [5, 5.41) is 8.61. The molecule has 0 saturated carbocycles. The van der Waals surface area contributed by atoms with E-state index in [-0.39, 0.29) is 12.3 Å². The van der Waals surface area contributed by atoms with Crippen LogP contribution in [0.1, 0.15) is 17.5 Å². The lowest BCUT2D eigenvalue weighted by Crippen LogP contribution is -2.29. The van der Waals surface area contributed by atoms with Crippen molar-refractivity contribution in [3.05, 3.63) is 71.8 Å². The highest BCUT2D eigenvalue weighted by molar-refractivity contribution is 5.74. The SMILES string of the molecule is O=C(CCN(Cc1ccccc1)Cc1ccccc1)NO. The molecule has 110 valence electrons. The number of nitrogens with zero attached hydrogens (tertiary/aromatic N) is 1. The van der Waals surface area contributed by atoms with Crippen LogP contribution in [0.3, 0.4) is 0 Å². The highest BCUT2D eigenvalue weighted by Gasteiger charge is 2.09. The molecular formula is C17H20N2O2. The molecule has 2 aromatic carbocycles. The zero-order valence-electron chi connectivity index (χ0n) is 11.9. The molecule has 0 fully saturated rings. The summed E-state index contributed by atoms with van der Waals surface area (Å²) in [4.78, 5) is 13.4. The third-order valence-corrected chi connectivity index (χ3v) is 3.28. The Morgan fingerprint density at radius 3 is 1.81 bits per heavy atom. The first-order valence-electron chi connectivity index (χ1n) is 7.01. The van der Waals surface area contributed by atoms with E-state index in [9.17, 15) is 4.79 Å². The highest BCUT2D eigenvalue weighted by Crippen LogP contribution is 2.10. The summed E-state index contributed by atoms with van der Waals surface area (Å²) in [6.07, 6.45) is 0.274. The number of hydroxylamine groups is 1. The Morgan fingerprint density at radius 1 is 0.905 bits per heavy atom. The van der Waals surface area contributed by atoms with Crippen LogP contribution in [0.15, 0.2) is 60.7 Å². The van der Waals surface area contributed by atoms with E-state index in [0.717, 1.165) is 13.1 Å². The first kappa shape index (κ1) is 15.2. The van der Waals surface area contributed by atoms with Crippen LogP contribution in [0.4, 0.5) is 0 Å². The van der Waals surface area contributed by atoms with Crippen LogP contribution in [0.5, 0.6) is 0 Å². The molecule has 2 aromatic rings. The molecule has 2 N–H and O–H groups in total. The quantitative estimate of drug-likeness (QED) is 0.607. The van der Waals surface area contributed by atoms with Crippen LogP contribution < -0.4 is 5.48 Å². The van der Waals surface area contributed by atoms with Crippen molar-refractivity contribution in [3.63, 3.8) is 0 Å². The number of carbonyl (C=O) groups is 1. The number of hydrogen-bond acceptors (Lipinski definition) is 3. The van der Waals surface area contributed by atoms with Gasteiger partial charge in [0.1, 0.15) is 0 Å². The smallest absolute Gasteiger partial charge is 0.244 e. The lowest BCUT2D eigenvalue weighted by atomic mass is 10.1. The summed E-state index contributed by atoms with van der Waals surface area (Å²) in [6.45, 7) is 2.14. The predicted molar refractivity (Wildman–Crippen MR) is 81.5 cm³/mol. The van der Waals surface area contributed by atoms with Gasteiger partial charge in [-0.3, -0.25) is 14.9 Å². The first-order valence-corrected chi connectivity index (χ1v) is 7.01. The minimum absolute atomic E-state index is 0.274.